The van der Waals surface area contributed by atoms with E-state index in [2.05, 4.69) is 36.7 Å². The SMILES string of the molecule is COC1CCCN(c2nc(-c3ccccn3)nc3sc(-c4ccn(C(C)C)n4)c(C)c23)C1. The number of aromatic nitrogens is 5. The van der Waals surface area contributed by atoms with Crippen LogP contribution in [0.5, 0.6) is 0 Å². The molecule has 1 aliphatic heterocycles. The highest BCUT2D eigenvalue weighted by Crippen LogP contribution is 2.42. The van der Waals surface area contributed by atoms with Crippen molar-refractivity contribution in [2.45, 2.75) is 45.8 Å². The van der Waals surface area contributed by atoms with E-state index in [-0.39, 0.29) is 6.10 Å². The van der Waals surface area contributed by atoms with E-state index in [9.17, 15) is 0 Å². The van der Waals surface area contributed by atoms with Crippen molar-refractivity contribution in [3.05, 3.63) is 42.2 Å². The molecular formula is C24H28N6OS. The monoisotopic (exact) mass is 448 g/mol. The summed E-state index contributed by atoms with van der Waals surface area (Å²) in [6.45, 7) is 8.23. The standard InChI is InChI=1S/C24H28N6OS/c1-15(2)30-13-10-18(28-30)21-16(3)20-23(29-12-7-8-17(14-29)31-4)26-22(27-24(20)32-21)19-9-5-6-11-25-19/h5-6,9-11,13,15,17H,7-8,12,14H2,1-4H3. The molecule has 0 amide bonds. The molecule has 0 spiro atoms. The summed E-state index contributed by atoms with van der Waals surface area (Å²) in [5, 5.41) is 5.93. The molecule has 4 aromatic heterocycles. The second-order valence-electron chi connectivity index (χ2n) is 8.54. The first-order valence-corrected chi connectivity index (χ1v) is 11.9. The normalized spacial score (nSPS) is 16.9. The maximum atomic E-state index is 5.69. The van der Waals surface area contributed by atoms with Gasteiger partial charge in [-0.05, 0) is 57.4 Å². The molecule has 8 heteroatoms. The fourth-order valence-corrected chi connectivity index (χ4v) is 5.41. The third-order valence-electron chi connectivity index (χ3n) is 6.05. The summed E-state index contributed by atoms with van der Waals surface area (Å²) in [4.78, 5) is 19.0. The molecule has 1 unspecified atom stereocenters. The maximum Gasteiger partial charge on any atom is 0.181 e. The van der Waals surface area contributed by atoms with Crippen LogP contribution in [0.1, 0.15) is 38.3 Å². The minimum absolute atomic E-state index is 0.215. The highest BCUT2D eigenvalue weighted by atomic mass is 32.1. The van der Waals surface area contributed by atoms with Gasteiger partial charge in [-0.3, -0.25) is 9.67 Å². The molecule has 0 radical (unpaired) electrons. The zero-order valence-corrected chi connectivity index (χ0v) is 19.8. The smallest absolute Gasteiger partial charge is 0.181 e. The third kappa shape index (κ3) is 3.78. The Morgan fingerprint density at radius 2 is 2.03 bits per heavy atom. The molecule has 32 heavy (non-hydrogen) atoms. The third-order valence-corrected chi connectivity index (χ3v) is 7.25. The number of pyridine rings is 1. The fourth-order valence-electron chi connectivity index (χ4n) is 4.27. The van der Waals surface area contributed by atoms with Gasteiger partial charge in [-0.2, -0.15) is 5.10 Å². The predicted octanol–water partition coefficient (Wildman–Crippen LogP) is 5.12. The summed E-state index contributed by atoms with van der Waals surface area (Å²) in [5.74, 6) is 1.63. The van der Waals surface area contributed by atoms with E-state index < -0.39 is 0 Å². The quantitative estimate of drug-likeness (QED) is 0.422. The van der Waals surface area contributed by atoms with E-state index >= 15 is 0 Å². The highest BCUT2D eigenvalue weighted by Gasteiger charge is 2.26. The summed E-state index contributed by atoms with van der Waals surface area (Å²) in [6.07, 6.45) is 6.21. The van der Waals surface area contributed by atoms with Crippen LogP contribution in [0, 0.1) is 6.92 Å². The van der Waals surface area contributed by atoms with E-state index in [1.165, 1.54) is 5.56 Å². The molecule has 5 heterocycles. The molecule has 0 bridgehead atoms. The lowest BCUT2D eigenvalue weighted by atomic mass is 10.1. The minimum Gasteiger partial charge on any atom is -0.380 e. The van der Waals surface area contributed by atoms with Gasteiger partial charge in [-0.1, -0.05) is 6.07 Å². The number of fused-ring (bicyclic) bond motifs is 1. The van der Waals surface area contributed by atoms with Crippen LogP contribution in [0.2, 0.25) is 0 Å². The Morgan fingerprint density at radius 3 is 2.75 bits per heavy atom. The van der Waals surface area contributed by atoms with Crippen LogP contribution in [0.25, 0.3) is 32.3 Å². The first-order chi connectivity index (χ1) is 15.5. The number of rotatable bonds is 5. The molecule has 166 valence electrons. The van der Waals surface area contributed by atoms with Crippen LogP contribution in [-0.2, 0) is 4.74 Å². The highest BCUT2D eigenvalue weighted by molar-refractivity contribution is 7.22. The Bertz CT molecular complexity index is 1230. The average Bonchev–Trinajstić information content (AvgIpc) is 3.44. The molecule has 4 aromatic rings. The van der Waals surface area contributed by atoms with Crippen LogP contribution in [0.4, 0.5) is 5.82 Å². The average molecular weight is 449 g/mol. The van der Waals surface area contributed by atoms with E-state index in [0.29, 0.717) is 11.9 Å². The van der Waals surface area contributed by atoms with Gasteiger partial charge in [0.2, 0.25) is 0 Å². The number of piperidine rings is 1. The van der Waals surface area contributed by atoms with Crippen molar-refractivity contribution < 1.29 is 4.74 Å². The summed E-state index contributed by atoms with van der Waals surface area (Å²) in [7, 11) is 1.79. The van der Waals surface area contributed by atoms with Crippen LogP contribution in [0.3, 0.4) is 0 Å². The van der Waals surface area contributed by atoms with Gasteiger partial charge < -0.3 is 9.64 Å². The molecule has 0 N–H and O–H groups in total. The van der Waals surface area contributed by atoms with Crippen LogP contribution >= 0.6 is 11.3 Å². The van der Waals surface area contributed by atoms with Gasteiger partial charge in [0.05, 0.1) is 16.4 Å². The summed E-state index contributed by atoms with van der Waals surface area (Å²) < 4.78 is 7.69. The Hall–Kier alpha value is -2.84. The first kappa shape index (κ1) is 21.0. The number of nitrogens with zero attached hydrogens (tertiary/aromatic N) is 6. The largest absolute Gasteiger partial charge is 0.380 e. The molecule has 1 atom stereocenters. The Kier molecular flexibility index (Phi) is 5.65. The van der Waals surface area contributed by atoms with Gasteiger partial charge in [0.25, 0.3) is 0 Å². The summed E-state index contributed by atoms with van der Waals surface area (Å²) >= 11 is 1.68. The van der Waals surface area contributed by atoms with Crippen LogP contribution in [-0.4, -0.2) is 51.0 Å². The number of hydrogen-bond acceptors (Lipinski definition) is 7. The fraction of sp³-hybridized carbons (Fsp3) is 0.417. The molecule has 0 aliphatic carbocycles. The van der Waals surface area contributed by atoms with E-state index in [0.717, 1.165) is 58.2 Å². The zero-order chi connectivity index (χ0) is 22.2. The van der Waals surface area contributed by atoms with Gasteiger partial charge in [0.1, 0.15) is 22.0 Å². The maximum absolute atomic E-state index is 5.69. The summed E-state index contributed by atoms with van der Waals surface area (Å²) in [5.41, 5.74) is 2.95. The summed E-state index contributed by atoms with van der Waals surface area (Å²) in [6, 6.07) is 8.26. The van der Waals surface area contributed by atoms with Crippen molar-refractivity contribution >= 4 is 27.4 Å². The number of ether oxygens (including phenoxy) is 1. The first-order valence-electron chi connectivity index (χ1n) is 11.1. The van der Waals surface area contributed by atoms with E-state index in [4.69, 9.17) is 19.8 Å². The van der Waals surface area contributed by atoms with E-state index in [1.54, 1.807) is 24.6 Å². The predicted molar refractivity (Wildman–Crippen MR) is 129 cm³/mol. The topological polar surface area (TPSA) is 69.0 Å². The number of anilines is 1. The van der Waals surface area contributed by atoms with Crippen molar-refractivity contribution in [1.82, 2.24) is 24.7 Å². The van der Waals surface area contributed by atoms with Crippen LogP contribution in [0.15, 0.2) is 36.7 Å². The lowest BCUT2D eigenvalue weighted by Gasteiger charge is -2.33. The van der Waals surface area contributed by atoms with Gasteiger partial charge in [0.15, 0.2) is 5.82 Å². The van der Waals surface area contributed by atoms with Crippen molar-refractivity contribution in [1.29, 1.82) is 0 Å². The second-order valence-corrected chi connectivity index (χ2v) is 9.54. The van der Waals surface area contributed by atoms with Gasteiger partial charge in [-0.15, -0.1) is 11.3 Å². The number of hydrogen-bond donors (Lipinski definition) is 0. The van der Waals surface area contributed by atoms with Crippen molar-refractivity contribution in [3.8, 4) is 22.1 Å². The molecule has 0 aromatic carbocycles. The number of aryl methyl sites for hydroxylation is 1. The zero-order valence-electron chi connectivity index (χ0n) is 18.9. The lowest BCUT2D eigenvalue weighted by Crippen LogP contribution is -2.39. The molecule has 1 fully saturated rings. The van der Waals surface area contributed by atoms with Gasteiger partial charge in [0, 0.05) is 38.6 Å². The van der Waals surface area contributed by atoms with Crippen LogP contribution < -0.4 is 4.90 Å². The molecule has 0 saturated carbocycles. The van der Waals surface area contributed by atoms with Crippen molar-refractivity contribution in [2.24, 2.45) is 0 Å². The van der Waals surface area contributed by atoms with Crippen molar-refractivity contribution in [3.63, 3.8) is 0 Å². The Balaban J connectivity index is 1.69. The molecule has 5 rings (SSSR count). The molecule has 7 nitrogen and oxygen atoms in total. The van der Waals surface area contributed by atoms with Crippen molar-refractivity contribution in [2.75, 3.05) is 25.1 Å². The minimum atomic E-state index is 0.215. The Labute approximate surface area is 192 Å². The van der Waals surface area contributed by atoms with Gasteiger partial charge in [-0.25, -0.2) is 9.97 Å². The van der Waals surface area contributed by atoms with E-state index in [1.807, 2.05) is 29.1 Å². The second kappa shape index (κ2) is 8.60. The number of methoxy groups -OCH3 is 1. The number of thiophene rings is 1. The lowest BCUT2D eigenvalue weighted by molar-refractivity contribution is 0.0892. The Morgan fingerprint density at radius 1 is 1.16 bits per heavy atom. The molecule has 1 saturated heterocycles. The van der Waals surface area contributed by atoms with Gasteiger partial charge >= 0.3 is 0 Å². The molecule has 1 aliphatic rings. The molecular weight excluding hydrogens is 420 g/mol.